The Bertz CT molecular complexity index is 1250. The molecule has 0 atom stereocenters. The quantitative estimate of drug-likeness (QED) is 0.285. The summed E-state index contributed by atoms with van der Waals surface area (Å²) in [4.78, 5) is 19.7. The Balaban J connectivity index is 1.49. The van der Waals surface area contributed by atoms with Gasteiger partial charge in [0.1, 0.15) is 17.4 Å². The maximum absolute atomic E-state index is 13.8. The number of pyridine rings is 1. The molecular formula is C27H32F3N5O3. The first-order valence-electron chi connectivity index (χ1n) is 12.7. The molecule has 0 saturated heterocycles. The minimum atomic E-state index is -4.60. The number of hydrogen-bond donors (Lipinski definition) is 3. The average Bonchev–Trinajstić information content (AvgIpc) is 3.53. The van der Waals surface area contributed by atoms with Crippen LogP contribution in [0.1, 0.15) is 74.4 Å². The molecule has 1 amide bonds. The van der Waals surface area contributed by atoms with Gasteiger partial charge in [0.2, 0.25) is 5.82 Å². The zero-order valence-corrected chi connectivity index (χ0v) is 21.4. The highest BCUT2D eigenvalue weighted by Gasteiger charge is 2.34. The summed E-state index contributed by atoms with van der Waals surface area (Å²) in [6.45, 7) is 3.61. The Hall–Kier alpha value is -3.47. The van der Waals surface area contributed by atoms with Crippen molar-refractivity contribution in [2.75, 3.05) is 11.9 Å². The van der Waals surface area contributed by atoms with Crippen LogP contribution in [-0.2, 0) is 12.6 Å². The molecule has 1 aromatic carbocycles. The molecule has 8 nitrogen and oxygen atoms in total. The van der Waals surface area contributed by atoms with Crippen LogP contribution in [0.5, 0.6) is 5.75 Å². The van der Waals surface area contributed by atoms with E-state index in [1.807, 2.05) is 0 Å². The van der Waals surface area contributed by atoms with E-state index in [0.717, 1.165) is 25.3 Å². The molecule has 2 aromatic heterocycles. The fraction of sp³-hybridized carbons (Fsp3) is 0.481. The van der Waals surface area contributed by atoms with E-state index in [-0.39, 0.29) is 35.1 Å². The molecule has 0 bridgehead atoms. The molecule has 38 heavy (non-hydrogen) atoms. The molecule has 1 saturated carbocycles. The number of aromatic amines is 1. The number of aromatic nitrogens is 4. The third-order valence-corrected chi connectivity index (χ3v) is 6.52. The number of anilines is 1. The molecule has 0 radical (unpaired) electrons. The summed E-state index contributed by atoms with van der Waals surface area (Å²) in [5.74, 6) is 0.940. The van der Waals surface area contributed by atoms with Crippen molar-refractivity contribution < 1.29 is 27.8 Å². The molecule has 1 aliphatic rings. The number of alkyl halides is 3. The van der Waals surface area contributed by atoms with E-state index in [2.05, 4.69) is 25.5 Å². The molecule has 4 rings (SSSR count). The van der Waals surface area contributed by atoms with Gasteiger partial charge in [-0.25, -0.2) is 4.98 Å². The first-order chi connectivity index (χ1) is 18.0. The number of nitrogens with zero attached hydrogens (tertiary/aromatic N) is 3. The van der Waals surface area contributed by atoms with E-state index in [4.69, 9.17) is 4.74 Å². The number of amides is 1. The van der Waals surface area contributed by atoms with Crippen molar-refractivity contribution in [3.05, 3.63) is 53.7 Å². The van der Waals surface area contributed by atoms with E-state index < -0.39 is 23.2 Å². The van der Waals surface area contributed by atoms with Crippen molar-refractivity contribution in [3.63, 3.8) is 0 Å². The maximum atomic E-state index is 13.8. The second kappa shape index (κ2) is 11.5. The van der Waals surface area contributed by atoms with Crippen LogP contribution in [0.3, 0.4) is 0 Å². The van der Waals surface area contributed by atoms with Gasteiger partial charge in [0.25, 0.3) is 5.91 Å². The molecule has 1 aliphatic carbocycles. The van der Waals surface area contributed by atoms with E-state index in [1.165, 1.54) is 43.3 Å². The molecule has 0 spiro atoms. The SMILES string of the molecule is CC(C)(O)CCCOc1ccc(C(F)(F)F)c(-c2ccnc(NC(=O)c3nnc(CC4CCCC4)[nH]3)c2)c1. The molecule has 204 valence electrons. The van der Waals surface area contributed by atoms with Crippen LogP contribution in [0.4, 0.5) is 19.0 Å². The lowest BCUT2D eigenvalue weighted by Crippen LogP contribution is -2.19. The average molecular weight is 532 g/mol. The predicted octanol–water partition coefficient (Wildman–Crippen LogP) is 5.80. The number of benzene rings is 1. The summed E-state index contributed by atoms with van der Waals surface area (Å²) in [6, 6.07) is 6.37. The second-order valence-corrected chi connectivity index (χ2v) is 10.3. The van der Waals surface area contributed by atoms with Gasteiger partial charge in [0.15, 0.2) is 0 Å². The van der Waals surface area contributed by atoms with E-state index >= 15 is 0 Å². The third-order valence-electron chi connectivity index (χ3n) is 6.52. The van der Waals surface area contributed by atoms with Crippen molar-refractivity contribution in [2.45, 2.75) is 70.6 Å². The number of hydrogen-bond acceptors (Lipinski definition) is 6. The number of carbonyl (C=O) groups is 1. The lowest BCUT2D eigenvalue weighted by atomic mass is 9.99. The third kappa shape index (κ3) is 7.53. The topological polar surface area (TPSA) is 113 Å². The largest absolute Gasteiger partial charge is 0.494 e. The Labute approximate surface area is 219 Å². The second-order valence-electron chi connectivity index (χ2n) is 10.3. The fourth-order valence-corrected chi connectivity index (χ4v) is 4.61. The standard InChI is InChI=1S/C27H32F3N5O3/c1-26(2,37)11-5-13-38-19-8-9-21(27(28,29)30)20(16-19)18-10-12-31-22(15-18)33-25(36)24-32-23(34-35-24)14-17-6-3-4-7-17/h8-10,12,15-17,37H,3-7,11,13-14H2,1-2H3,(H,31,33,36)(H,32,34,35). The molecule has 3 N–H and O–H groups in total. The van der Waals surface area contributed by atoms with Crippen LogP contribution in [0, 0.1) is 5.92 Å². The smallest absolute Gasteiger partial charge is 0.417 e. The number of carbonyl (C=O) groups excluding carboxylic acids is 1. The van der Waals surface area contributed by atoms with E-state index in [9.17, 15) is 23.1 Å². The summed E-state index contributed by atoms with van der Waals surface area (Å²) in [6.07, 6.45) is 3.13. The van der Waals surface area contributed by atoms with Crippen LogP contribution in [0.2, 0.25) is 0 Å². The number of halogens is 3. The summed E-state index contributed by atoms with van der Waals surface area (Å²) in [5.41, 5.74) is -1.58. The van der Waals surface area contributed by atoms with Crippen molar-refractivity contribution >= 4 is 11.7 Å². The lowest BCUT2D eigenvalue weighted by molar-refractivity contribution is -0.137. The first-order valence-corrected chi connectivity index (χ1v) is 12.7. The van der Waals surface area contributed by atoms with Gasteiger partial charge in [-0.05, 0) is 74.1 Å². The Morgan fingerprint density at radius 2 is 1.92 bits per heavy atom. The van der Waals surface area contributed by atoms with E-state index in [0.29, 0.717) is 24.6 Å². The van der Waals surface area contributed by atoms with Crippen LogP contribution in [-0.4, -0.2) is 43.4 Å². The van der Waals surface area contributed by atoms with Crippen LogP contribution in [0.25, 0.3) is 11.1 Å². The first kappa shape index (κ1) is 27.6. The summed E-state index contributed by atoms with van der Waals surface area (Å²) in [7, 11) is 0. The van der Waals surface area contributed by atoms with Crippen LogP contribution >= 0.6 is 0 Å². The normalized spacial score (nSPS) is 14.6. The number of nitrogens with one attached hydrogen (secondary N) is 2. The lowest BCUT2D eigenvalue weighted by Gasteiger charge is -2.18. The van der Waals surface area contributed by atoms with Crippen molar-refractivity contribution in [2.24, 2.45) is 5.92 Å². The maximum Gasteiger partial charge on any atom is 0.417 e. The zero-order chi connectivity index (χ0) is 27.3. The number of rotatable bonds is 10. The Morgan fingerprint density at radius 3 is 2.63 bits per heavy atom. The highest BCUT2D eigenvalue weighted by atomic mass is 19.4. The summed E-state index contributed by atoms with van der Waals surface area (Å²) in [5, 5.41) is 20.4. The molecule has 0 aliphatic heterocycles. The predicted molar refractivity (Wildman–Crippen MR) is 136 cm³/mol. The van der Waals surface area contributed by atoms with Crippen LogP contribution < -0.4 is 10.1 Å². The number of H-pyrrole nitrogens is 1. The zero-order valence-electron chi connectivity index (χ0n) is 21.4. The summed E-state index contributed by atoms with van der Waals surface area (Å²) < 4.78 is 47.1. The van der Waals surface area contributed by atoms with Gasteiger partial charge >= 0.3 is 6.18 Å². The fourth-order valence-electron chi connectivity index (χ4n) is 4.61. The minimum Gasteiger partial charge on any atom is -0.494 e. The minimum absolute atomic E-state index is 0.0163. The van der Waals surface area contributed by atoms with Gasteiger partial charge in [-0.2, -0.15) is 13.2 Å². The van der Waals surface area contributed by atoms with Gasteiger partial charge in [-0.1, -0.05) is 25.7 Å². The van der Waals surface area contributed by atoms with Gasteiger partial charge in [-0.3, -0.25) is 4.79 Å². The van der Waals surface area contributed by atoms with Gasteiger partial charge < -0.3 is 20.1 Å². The highest BCUT2D eigenvalue weighted by molar-refractivity contribution is 6.01. The van der Waals surface area contributed by atoms with Crippen molar-refractivity contribution in [3.8, 4) is 16.9 Å². The highest BCUT2D eigenvalue weighted by Crippen LogP contribution is 2.39. The van der Waals surface area contributed by atoms with Gasteiger partial charge in [-0.15, -0.1) is 10.2 Å². The Morgan fingerprint density at radius 1 is 1.16 bits per heavy atom. The van der Waals surface area contributed by atoms with Crippen molar-refractivity contribution in [1.82, 2.24) is 20.2 Å². The van der Waals surface area contributed by atoms with Gasteiger partial charge in [0.05, 0.1) is 17.8 Å². The number of aliphatic hydroxyl groups is 1. The van der Waals surface area contributed by atoms with Crippen LogP contribution in [0.15, 0.2) is 36.5 Å². The van der Waals surface area contributed by atoms with Crippen molar-refractivity contribution in [1.29, 1.82) is 0 Å². The molecular weight excluding hydrogens is 499 g/mol. The molecule has 3 aromatic rings. The molecule has 0 unspecified atom stereocenters. The molecule has 2 heterocycles. The Kier molecular flexibility index (Phi) is 8.35. The molecule has 11 heteroatoms. The van der Waals surface area contributed by atoms with Gasteiger partial charge in [0, 0.05) is 12.6 Å². The summed E-state index contributed by atoms with van der Waals surface area (Å²) >= 11 is 0. The monoisotopic (exact) mass is 531 g/mol. The molecule has 1 fully saturated rings. The van der Waals surface area contributed by atoms with E-state index in [1.54, 1.807) is 13.8 Å². The number of ether oxygens (including phenoxy) is 1.